The number of para-hydroxylation sites is 1. The van der Waals surface area contributed by atoms with Crippen LogP contribution in [0.1, 0.15) is 40.7 Å². The highest BCUT2D eigenvalue weighted by molar-refractivity contribution is 5.89. The van der Waals surface area contributed by atoms with Crippen LogP contribution in [0.4, 0.5) is 0 Å². The van der Waals surface area contributed by atoms with Crippen LogP contribution in [0, 0.1) is 0 Å². The number of hydrogen-bond donors (Lipinski definition) is 2. The van der Waals surface area contributed by atoms with Crippen molar-refractivity contribution in [2.24, 2.45) is 0 Å². The summed E-state index contributed by atoms with van der Waals surface area (Å²) in [4.78, 5) is 41.6. The quantitative estimate of drug-likeness (QED) is 0.173. The predicted octanol–water partition coefficient (Wildman–Crippen LogP) is 5.13. The second kappa shape index (κ2) is 13.1. The summed E-state index contributed by atoms with van der Waals surface area (Å²) in [6, 6.07) is 23.3. The number of carbonyl (C=O) groups is 3. The number of aromatic nitrogens is 1. The molecule has 2 N–H and O–H groups in total. The molecule has 8 nitrogen and oxygen atoms in total. The van der Waals surface area contributed by atoms with Gasteiger partial charge in [-0.1, -0.05) is 78.9 Å². The van der Waals surface area contributed by atoms with E-state index in [0.29, 0.717) is 0 Å². The second-order valence-corrected chi connectivity index (χ2v) is 11.0. The lowest BCUT2D eigenvalue weighted by atomic mass is 10.0. The monoisotopic (exact) mass is 591 g/mol. The number of ether oxygens (including phenoxy) is 3. The van der Waals surface area contributed by atoms with Gasteiger partial charge in [0, 0.05) is 17.1 Å². The molecular weight excluding hydrogens is 558 g/mol. The lowest BCUT2D eigenvalue weighted by Gasteiger charge is -2.23. The molecule has 2 aliphatic rings. The smallest absolute Gasteiger partial charge is 0.310 e. The van der Waals surface area contributed by atoms with E-state index in [1.807, 2.05) is 84.9 Å². The van der Waals surface area contributed by atoms with E-state index in [2.05, 4.69) is 4.98 Å². The molecule has 2 atom stereocenters. The first-order chi connectivity index (χ1) is 21.4. The van der Waals surface area contributed by atoms with Gasteiger partial charge in [-0.3, -0.25) is 14.4 Å². The van der Waals surface area contributed by atoms with Crippen LogP contribution in [-0.2, 0) is 47.9 Å². The molecule has 0 fully saturated rings. The number of H-pyrrole nitrogens is 1. The van der Waals surface area contributed by atoms with Crippen molar-refractivity contribution in [2.75, 3.05) is 13.2 Å². The van der Waals surface area contributed by atoms with Crippen molar-refractivity contribution in [3.05, 3.63) is 119 Å². The summed E-state index contributed by atoms with van der Waals surface area (Å²) < 4.78 is 16.5. The number of aliphatic hydroxyl groups excluding tert-OH is 1. The molecule has 8 heteroatoms. The number of hydrogen-bond acceptors (Lipinski definition) is 7. The fraction of sp³-hybridized carbons (Fsp3) is 0.250. The zero-order valence-electron chi connectivity index (χ0n) is 24.2. The minimum atomic E-state index is -1.40. The molecule has 6 rings (SSSR count). The van der Waals surface area contributed by atoms with Crippen LogP contribution in [0.25, 0.3) is 22.0 Å². The van der Waals surface area contributed by atoms with Crippen LogP contribution in [0.2, 0.25) is 0 Å². The first kappa shape index (κ1) is 29.1. The Hall–Kier alpha value is -4.95. The Labute approximate surface area is 255 Å². The van der Waals surface area contributed by atoms with Crippen LogP contribution in [0.5, 0.6) is 0 Å². The summed E-state index contributed by atoms with van der Waals surface area (Å²) in [6.45, 7) is -0.808. The third-order valence-electron chi connectivity index (χ3n) is 8.08. The Balaban J connectivity index is 1.07. The molecule has 0 saturated carbocycles. The number of nitrogens with one attached hydrogen (secondary N) is 1. The largest absolute Gasteiger partial charge is 0.463 e. The Kier molecular flexibility index (Phi) is 8.70. The summed E-state index contributed by atoms with van der Waals surface area (Å²) in [5.74, 6) is -1.64. The van der Waals surface area contributed by atoms with E-state index in [1.165, 1.54) is 0 Å². The van der Waals surface area contributed by atoms with Gasteiger partial charge in [0.1, 0.15) is 19.3 Å². The van der Waals surface area contributed by atoms with Crippen LogP contribution < -0.4 is 0 Å². The molecule has 0 bridgehead atoms. The van der Waals surface area contributed by atoms with Crippen molar-refractivity contribution in [3.8, 4) is 0 Å². The van der Waals surface area contributed by atoms with E-state index in [-0.39, 0.29) is 25.9 Å². The minimum absolute atomic E-state index is 0.00310. The van der Waals surface area contributed by atoms with Gasteiger partial charge in [-0.15, -0.1) is 0 Å². The van der Waals surface area contributed by atoms with E-state index < -0.39 is 36.7 Å². The first-order valence-electron chi connectivity index (χ1n) is 14.7. The van der Waals surface area contributed by atoms with Crippen molar-refractivity contribution < 1.29 is 33.7 Å². The number of benzene rings is 3. The van der Waals surface area contributed by atoms with Crippen molar-refractivity contribution in [1.82, 2.24) is 4.98 Å². The molecular formula is C36H33NO7. The minimum Gasteiger partial charge on any atom is -0.463 e. The van der Waals surface area contributed by atoms with Gasteiger partial charge < -0.3 is 24.3 Å². The van der Waals surface area contributed by atoms with Gasteiger partial charge in [-0.05, 0) is 57.9 Å². The average Bonchev–Trinajstić information content (AvgIpc) is 3.76. The van der Waals surface area contributed by atoms with E-state index in [0.717, 1.165) is 62.7 Å². The van der Waals surface area contributed by atoms with Crippen LogP contribution >= 0.6 is 0 Å². The Morgan fingerprint density at radius 2 is 1.27 bits per heavy atom. The first-order valence-corrected chi connectivity index (χ1v) is 14.7. The molecule has 0 saturated heterocycles. The molecule has 44 heavy (non-hydrogen) atoms. The molecule has 0 aliphatic heterocycles. The van der Waals surface area contributed by atoms with Gasteiger partial charge in [0.15, 0.2) is 6.10 Å². The zero-order chi connectivity index (χ0) is 30.5. The van der Waals surface area contributed by atoms with Gasteiger partial charge in [-0.25, -0.2) is 0 Å². The van der Waals surface area contributed by atoms with Gasteiger partial charge in [0.05, 0.1) is 19.3 Å². The lowest BCUT2D eigenvalue weighted by molar-refractivity contribution is -0.170. The molecule has 0 radical (unpaired) electrons. The summed E-state index contributed by atoms with van der Waals surface area (Å²) in [7, 11) is 0. The topological polar surface area (TPSA) is 115 Å². The van der Waals surface area contributed by atoms with Gasteiger partial charge in [0.25, 0.3) is 0 Å². The van der Waals surface area contributed by atoms with Gasteiger partial charge >= 0.3 is 17.9 Å². The van der Waals surface area contributed by atoms with Gasteiger partial charge in [-0.2, -0.15) is 0 Å². The Morgan fingerprint density at radius 1 is 0.705 bits per heavy atom. The molecule has 224 valence electrons. The lowest BCUT2D eigenvalue weighted by Crippen LogP contribution is -2.39. The van der Waals surface area contributed by atoms with Crippen molar-refractivity contribution in [3.63, 3.8) is 0 Å². The molecule has 0 unspecified atom stereocenters. The number of aromatic amines is 1. The molecule has 1 aromatic heterocycles. The molecule has 3 aromatic carbocycles. The molecule has 1 heterocycles. The standard InChI is InChI=1S/C36H33NO7/c38-32(21-42-34(39)17-25-15-13-23-7-1-3-9-28(23)25)33(44-36(41)18-26-16-14-24-8-2-4-10-29(24)26)22-43-35(40)19-27-20-37-31-12-6-5-11-30(27)31/h1-12,15-16,20,32-33,37-38H,13-14,17-19,21-22H2/t32-,33+/m1/s1. The van der Waals surface area contributed by atoms with E-state index in [1.54, 1.807) is 6.20 Å². The summed E-state index contributed by atoms with van der Waals surface area (Å²) >= 11 is 0. The molecule has 0 amide bonds. The fourth-order valence-electron chi connectivity index (χ4n) is 5.79. The van der Waals surface area contributed by atoms with E-state index >= 15 is 0 Å². The van der Waals surface area contributed by atoms with E-state index in [4.69, 9.17) is 14.2 Å². The van der Waals surface area contributed by atoms with Crippen molar-refractivity contribution in [1.29, 1.82) is 0 Å². The Bertz CT molecular complexity index is 1760. The number of allylic oxidation sites excluding steroid dienone is 2. The number of esters is 3. The molecule has 4 aromatic rings. The average molecular weight is 592 g/mol. The third kappa shape index (κ3) is 6.66. The van der Waals surface area contributed by atoms with Crippen LogP contribution in [-0.4, -0.2) is 53.4 Å². The maximum atomic E-state index is 13.0. The predicted molar refractivity (Wildman–Crippen MR) is 165 cm³/mol. The highest BCUT2D eigenvalue weighted by atomic mass is 16.6. The molecule has 2 aliphatic carbocycles. The summed E-state index contributed by atoms with van der Waals surface area (Å²) in [5, 5.41) is 11.9. The summed E-state index contributed by atoms with van der Waals surface area (Å²) in [5.41, 5.74) is 7.67. The maximum absolute atomic E-state index is 13.0. The van der Waals surface area contributed by atoms with Crippen LogP contribution in [0.15, 0.2) is 91.1 Å². The SMILES string of the molecule is O=C(CC1=CCc2ccccc21)OC[C@@H](O)[C@H](COC(=O)Cc1c[nH]c2ccccc12)OC(=O)CC1=CCc2ccccc21. The number of fused-ring (bicyclic) bond motifs is 3. The normalized spacial score (nSPS) is 14.7. The number of aliphatic hydroxyl groups is 1. The third-order valence-corrected chi connectivity index (χ3v) is 8.08. The van der Waals surface area contributed by atoms with Crippen molar-refractivity contribution in [2.45, 2.75) is 44.3 Å². The molecule has 0 spiro atoms. The zero-order valence-corrected chi connectivity index (χ0v) is 24.2. The van der Waals surface area contributed by atoms with E-state index in [9.17, 15) is 19.5 Å². The highest BCUT2D eigenvalue weighted by Crippen LogP contribution is 2.31. The van der Waals surface area contributed by atoms with Crippen LogP contribution in [0.3, 0.4) is 0 Å². The Morgan fingerprint density at radius 3 is 1.98 bits per heavy atom. The maximum Gasteiger partial charge on any atom is 0.310 e. The summed E-state index contributed by atoms with van der Waals surface area (Å²) in [6.07, 6.45) is 4.63. The van der Waals surface area contributed by atoms with Crippen molar-refractivity contribution >= 4 is 40.0 Å². The fourth-order valence-corrected chi connectivity index (χ4v) is 5.79. The highest BCUT2D eigenvalue weighted by Gasteiger charge is 2.28. The second-order valence-electron chi connectivity index (χ2n) is 11.0. The number of carbonyl (C=O) groups excluding carboxylic acids is 3. The van der Waals surface area contributed by atoms with Gasteiger partial charge in [0.2, 0.25) is 0 Å². The number of rotatable bonds is 12.